The van der Waals surface area contributed by atoms with Crippen LogP contribution in [0.4, 0.5) is 11.4 Å². The number of rotatable bonds is 9. The van der Waals surface area contributed by atoms with Gasteiger partial charge in [0, 0.05) is 0 Å². The molecule has 3 aromatic rings. The molecule has 0 bridgehead atoms. The highest BCUT2D eigenvalue weighted by molar-refractivity contribution is 5.91. The van der Waals surface area contributed by atoms with Crippen molar-refractivity contribution in [2.45, 2.75) is 46.0 Å². The van der Waals surface area contributed by atoms with Gasteiger partial charge in [-0.15, -0.1) is 0 Å². The molecule has 154 valence electrons. The van der Waals surface area contributed by atoms with E-state index in [2.05, 4.69) is 36.2 Å². The van der Waals surface area contributed by atoms with Crippen molar-refractivity contribution < 1.29 is 9.53 Å². The van der Waals surface area contributed by atoms with Gasteiger partial charge in [-0.1, -0.05) is 51.0 Å². The van der Waals surface area contributed by atoms with E-state index in [9.17, 15) is 4.79 Å². The van der Waals surface area contributed by atoms with Gasteiger partial charge in [-0.05, 0) is 78.9 Å². The maximum atomic E-state index is 12.4. The highest BCUT2D eigenvalue weighted by Gasteiger charge is 2.08. The molecule has 0 atom stereocenters. The van der Waals surface area contributed by atoms with Crippen molar-refractivity contribution in [2.75, 3.05) is 0 Å². The fraction of sp³-hybridized carbons (Fsp3) is 0.269. The zero-order valence-corrected chi connectivity index (χ0v) is 17.7. The summed E-state index contributed by atoms with van der Waals surface area (Å²) in [5, 5.41) is 8.48. The Balaban J connectivity index is 1.55. The molecule has 0 heterocycles. The zero-order chi connectivity index (χ0) is 21.2. The first kappa shape index (κ1) is 21.4. The van der Waals surface area contributed by atoms with Crippen LogP contribution in [0.1, 0.15) is 54.6 Å². The molecule has 0 saturated heterocycles. The van der Waals surface area contributed by atoms with Crippen molar-refractivity contribution in [3.05, 3.63) is 89.5 Å². The molecule has 0 unspecified atom stereocenters. The standard InChI is InChI=1S/C26H28N2O2/c1-3-5-6-7-21-8-12-22(13-9-21)26(29)30-25-18-16-24(17-19-25)28-27-23-14-10-20(4-2)11-15-23/h8-19H,3-7H2,1-2H3. The van der Waals surface area contributed by atoms with Crippen LogP contribution in [0.3, 0.4) is 0 Å². The summed E-state index contributed by atoms with van der Waals surface area (Å²) in [5.41, 5.74) is 4.57. The van der Waals surface area contributed by atoms with Crippen LogP contribution in [0.15, 0.2) is 83.0 Å². The topological polar surface area (TPSA) is 51.0 Å². The molecule has 4 nitrogen and oxygen atoms in total. The number of benzene rings is 3. The summed E-state index contributed by atoms with van der Waals surface area (Å²) < 4.78 is 5.47. The van der Waals surface area contributed by atoms with Crippen LogP contribution in [0.2, 0.25) is 0 Å². The quantitative estimate of drug-likeness (QED) is 0.160. The van der Waals surface area contributed by atoms with Gasteiger partial charge >= 0.3 is 5.97 Å². The lowest BCUT2D eigenvalue weighted by Crippen LogP contribution is -2.08. The molecule has 0 saturated carbocycles. The number of carbonyl (C=O) groups is 1. The summed E-state index contributed by atoms with van der Waals surface area (Å²) in [7, 11) is 0. The van der Waals surface area contributed by atoms with Crippen molar-refractivity contribution in [3.8, 4) is 5.75 Å². The van der Waals surface area contributed by atoms with Gasteiger partial charge < -0.3 is 4.74 Å². The smallest absolute Gasteiger partial charge is 0.343 e. The Hall–Kier alpha value is -3.27. The van der Waals surface area contributed by atoms with E-state index in [1.807, 2.05) is 36.4 Å². The van der Waals surface area contributed by atoms with Crippen molar-refractivity contribution in [3.63, 3.8) is 0 Å². The van der Waals surface area contributed by atoms with E-state index >= 15 is 0 Å². The number of ether oxygens (including phenoxy) is 1. The molecule has 0 N–H and O–H groups in total. The van der Waals surface area contributed by atoms with E-state index < -0.39 is 0 Å². The summed E-state index contributed by atoms with van der Waals surface area (Å²) in [6, 6.07) is 22.7. The Bertz CT molecular complexity index is 959. The number of aryl methyl sites for hydroxylation is 2. The monoisotopic (exact) mass is 400 g/mol. The van der Waals surface area contributed by atoms with Gasteiger partial charge in [-0.3, -0.25) is 0 Å². The molecule has 30 heavy (non-hydrogen) atoms. The molecule has 4 heteroatoms. The van der Waals surface area contributed by atoms with Crippen LogP contribution in [0.25, 0.3) is 0 Å². The van der Waals surface area contributed by atoms with Gasteiger partial charge in [-0.25, -0.2) is 4.79 Å². The third-order valence-electron chi connectivity index (χ3n) is 4.93. The minimum Gasteiger partial charge on any atom is -0.423 e. The van der Waals surface area contributed by atoms with Crippen LogP contribution in [-0.2, 0) is 12.8 Å². The largest absolute Gasteiger partial charge is 0.423 e. The number of nitrogens with zero attached hydrogens (tertiary/aromatic N) is 2. The third-order valence-corrected chi connectivity index (χ3v) is 4.93. The van der Waals surface area contributed by atoms with Gasteiger partial charge in [0.15, 0.2) is 0 Å². The highest BCUT2D eigenvalue weighted by Crippen LogP contribution is 2.22. The second kappa shape index (κ2) is 11.1. The normalized spacial score (nSPS) is 11.0. The Morgan fingerprint density at radius 1 is 0.733 bits per heavy atom. The maximum absolute atomic E-state index is 12.4. The summed E-state index contributed by atoms with van der Waals surface area (Å²) in [4.78, 5) is 12.4. The number of hydrogen-bond donors (Lipinski definition) is 0. The molecule has 3 aromatic carbocycles. The van der Waals surface area contributed by atoms with E-state index in [1.54, 1.807) is 24.3 Å². The first-order valence-corrected chi connectivity index (χ1v) is 10.6. The average molecular weight is 401 g/mol. The fourth-order valence-corrected chi connectivity index (χ4v) is 3.05. The SMILES string of the molecule is CCCCCc1ccc(C(=O)Oc2ccc(N=Nc3ccc(CC)cc3)cc2)cc1. The predicted octanol–water partition coefficient (Wildman–Crippen LogP) is 7.62. The number of esters is 1. The van der Waals surface area contributed by atoms with Gasteiger partial charge in [0.2, 0.25) is 0 Å². The molecular weight excluding hydrogens is 372 g/mol. The van der Waals surface area contributed by atoms with Crippen molar-refractivity contribution in [2.24, 2.45) is 10.2 Å². The van der Waals surface area contributed by atoms with Crippen molar-refractivity contribution >= 4 is 17.3 Å². The fourth-order valence-electron chi connectivity index (χ4n) is 3.05. The molecular formula is C26H28N2O2. The Morgan fingerprint density at radius 2 is 1.30 bits per heavy atom. The summed E-state index contributed by atoms with van der Waals surface area (Å²) in [6.45, 7) is 4.31. The first-order valence-electron chi connectivity index (χ1n) is 10.6. The lowest BCUT2D eigenvalue weighted by Gasteiger charge is -2.06. The minimum absolute atomic E-state index is 0.361. The van der Waals surface area contributed by atoms with E-state index in [4.69, 9.17) is 4.74 Å². The van der Waals surface area contributed by atoms with Crippen molar-refractivity contribution in [1.82, 2.24) is 0 Å². The Kier molecular flexibility index (Phi) is 7.90. The lowest BCUT2D eigenvalue weighted by atomic mass is 10.1. The molecule has 0 aliphatic rings. The number of azo groups is 1. The number of carbonyl (C=O) groups excluding carboxylic acids is 1. The minimum atomic E-state index is -0.361. The van der Waals surface area contributed by atoms with E-state index in [0.29, 0.717) is 17.0 Å². The first-order chi connectivity index (χ1) is 14.7. The van der Waals surface area contributed by atoms with Gasteiger partial charge in [0.05, 0.1) is 16.9 Å². The molecule has 0 spiro atoms. The van der Waals surface area contributed by atoms with Gasteiger partial charge in [0.1, 0.15) is 5.75 Å². The average Bonchev–Trinajstić information content (AvgIpc) is 2.79. The van der Waals surface area contributed by atoms with Gasteiger partial charge in [-0.2, -0.15) is 10.2 Å². The molecule has 0 aliphatic carbocycles. The Morgan fingerprint density at radius 3 is 1.87 bits per heavy atom. The van der Waals surface area contributed by atoms with E-state index in [0.717, 1.165) is 18.5 Å². The van der Waals surface area contributed by atoms with E-state index in [1.165, 1.54) is 30.4 Å². The maximum Gasteiger partial charge on any atom is 0.343 e. The van der Waals surface area contributed by atoms with Crippen LogP contribution in [0.5, 0.6) is 5.75 Å². The van der Waals surface area contributed by atoms with Crippen molar-refractivity contribution in [1.29, 1.82) is 0 Å². The summed E-state index contributed by atoms with van der Waals surface area (Å²) in [6.07, 6.45) is 5.65. The van der Waals surface area contributed by atoms with E-state index in [-0.39, 0.29) is 5.97 Å². The molecule has 0 amide bonds. The van der Waals surface area contributed by atoms with Crippen LogP contribution < -0.4 is 4.74 Å². The second-order valence-electron chi connectivity index (χ2n) is 7.26. The zero-order valence-electron chi connectivity index (χ0n) is 17.7. The summed E-state index contributed by atoms with van der Waals surface area (Å²) >= 11 is 0. The predicted molar refractivity (Wildman–Crippen MR) is 121 cm³/mol. The lowest BCUT2D eigenvalue weighted by molar-refractivity contribution is 0.0735. The molecule has 0 fully saturated rings. The number of unbranched alkanes of at least 4 members (excludes halogenated alkanes) is 2. The molecule has 3 rings (SSSR count). The third kappa shape index (κ3) is 6.38. The van der Waals surface area contributed by atoms with Gasteiger partial charge in [0.25, 0.3) is 0 Å². The molecule has 0 radical (unpaired) electrons. The Labute approximate surface area is 178 Å². The van der Waals surface area contributed by atoms with Crippen LogP contribution in [0, 0.1) is 0 Å². The highest BCUT2D eigenvalue weighted by atomic mass is 16.5. The molecule has 0 aromatic heterocycles. The van der Waals surface area contributed by atoms with Crippen LogP contribution >= 0.6 is 0 Å². The van der Waals surface area contributed by atoms with Crippen LogP contribution in [-0.4, -0.2) is 5.97 Å². The number of hydrogen-bond acceptors (Lipinski definition) is 4. The second-order valence-corrected chi connectivity index (χ2v) is 7.26. The summed E-state index contributed by atoms with van der Waals surface area (Å²) in [5.74, 6) is 0.124. The molecule has 0 aliphatic heterocycles.